The van der Waals surface area contributed by atoms with Crippen LogP contribution in [0.4, 0.5) is 10.1 Å². The van der Waals surface area contributed by atoms with Crippen molar-refractivity contribution in [2.75, 3.05) is 11.9 Å². The number of benzene rings is 2. The summed E-state index contributed by atoms with van der Waals surface area (Å²) >= 11 is 5.75. The molecule has 29 heavy (non-hydrogen) atoms. The van der Waals surface area contributed by atoms with Crippen molar-refractivity contribution in [1.82, 2.24) is 0 Å². The second kappa shape index (κ2) is 8.70. The number of rotatable bonds is 6. The Morgan fingerprint density at radius 3 is 2.48 bits per heavy atom. The van der Waals surface area contributed by atoms with Crippen molar-refractivity contribution in [1.29, 1.82) is 0 Å². The molecule has 0 aliphatic heterocycles. The second-order valence-corrected chi connectivity index (χ2v) is 6.48. The van der Waals surface area contributed by atoms with Crippen molar-refractivity contribution in [3.63, 3.8) is 0 Å². The summed E-state index contributed by atoms with van der Waals surface area (Å²) in [6.45, 7) is 0.834. The number of furan rings is 1. The summed E-state index contributed by atoms with van der Waals surface area (Å²) in [7, 11) is 0. The third-order valence-electron chi connectivity index (χ3n) is 3.92. The number of ketones is 1. The van der Waals surface area contributed by atoms with Crippen LogP contribution in [-0.2, 0) is 9.53 Å². The Labute approximate surface area is 170 Å². The minimum Gasteiger partial charge on any atom is -0.450 e. The molecule has 0 bridgehead atoms. The first kappa shape index (κ1) is 20.3. The summed E-state index contributed by atoms with van der Waals surface area (Å²) in [5, 5.41) is 2.52. The molecule has 0 aliphatic rings. The summed E-state index contributed by atoms with van der Waals surface area (Å²) in [6, 6.07) is 13.4. The van der Waals surface area contributed by atoms with Gasteiger partial charge in [-0.15, -0.1) is 0 Å². The Hall–Kier alpha value is -3.45. The number of amides is 1. The highest BCUT2D eigenvalue weighted by Crippen LogP contribution is 2.23. The molecule has 1 N–H and O–H groups in total. The highest BCUT2D eigenvalue weighted by atomic mass is 35.5. The number of halogens is 2. The van der Waals surface area contributed by atoms with E-state index in [1.54, 1.807) is 30.3 Å². The summed E-state index contributed by atoms with van der Waals surface area (Å²) < 4.78 is 23.9. The van der Waals surface area contributed by atoms with E-state index in [1.807, 2.05) is 0 Å². The Morgan fingerprint density at radius 1 is 1.07 bits per heavy atom. The molecule has 0 unspecified atom stereocenters. The van der Waals surface area contributed by atoms with Gasteiger partial charge in [0.05, 0.1) is 5.69 Å². The number of carbonyl (C=O) groups excluding carboxylic acids is 3. The number of nitrogens with one attached hydrogen (secondary N) is 1. The molecule has 148 valence electrons. The van der Waals surface area contributed by atoms with Crippen molar-refractivity contribution < 1.29 is 27.9 Å². The first-order chi connectivity index (χ1) is 13.8. The van der Waals surface area contributed by atoms with Crippen LogP contribution in [-0.4, -0.2) is 24.3 Å². The van der Waals surface area contributed by atoms with E-state index < -0.39 is 24.3 Å². The Bertz CT molecular complexity index is 1070. The Balaban J connectivity index is 1.59. The molecular formula is C21H15ClFNO5. The van der Waals surface area contributed by atoms with Gasteiger partial charge >= 0.3 is 5.97 Å². The molecule has 3 aromatic rings. The zero-order valence-electron chi connectivity index (χ0n) is 15.2. The van der Waals surface area contributed by atoms with Crippen LogP contribution < -0.4 is 5.32 Å². The number of hydrogen-bond donors (Lipinski definition) is 1. The maximum Gasteiger partial charge on any atom is 0.374 e. The topological polar surface area (TPSA) is 85.6 Å². The zero-order valence-corrected chi connectivity index (χ0v) is 16.0. The summed E-state index contributed by atoms with van der Waals surface area (Å²) in [4.78, 5) is 35.3. The quantitative estimate of drug-likeness (QED) is 0.464. The molecule has 6 nitrogen and oxygen atoms in total. The van der Waals surface area contributed by atoms with E-state index in [4.69, 9.17) is 20.8 Å². The van der Waals surface area contributed by atoms with Gasteiger partial charge in [0.25, 0.3) is 5.91 Å². The van der Waals surface area contributed by atoms with E-state index >= 15 is 0 Å². The lowest BCUT2D eigenvalue weighted by Gasteiger charge is -2.07. The van der Waals surface area contributed by atoms with Gasteiger partial charge in [-0.05, 0) is 37.3 Å². The van der Waals surface area contributed by atoms with Gasteiger partial charge in [0.2, 0.25) is 5.76 Å². The van der Waals surface area contributed by atoms with Crippen LogP contribution in [0, 0.1) is 5.82 Å². The predicted octanol–water partition coefficient (Wildman–Crippen LogP) is 4.74. The summed E-state index contributed by atoms with van der Waals surface area (Å²) in [6.07, 6.45) is 0. The predicted molar refractivity (Wildman–Crippen MR) is 104 cm³/mol. The molecule has 0 atom stereocenters. The minimum absolute atomic E-state index is 0.0591. The van der Waals surface area contributed by atoms with E-state index in [1.165, 1.54) is 25.1 Å². The standard InChI is InChI=1S/C21H15ClFNO5/c1-12(25)13-2-4-14(5-3-13)18-8-9-19(29-18)21(27)28-11-20(26)24-17-10-15(22)6-7-16(17)23/h2-10H,11H2,1H3,(H,24,26). The second-order valence-electron chi connectivity index (χ2n) is 6.05. The number of hydrogen-bond acceptors (Lipinski definition) is 5. The van der Waals surface area contributed by atoms with Gasteiger partial charge in [0.15, 0.2) is 12.4 Å². The normalized spacial score (nSPS) is 10.4. The molecule has 1 aromatic heterocycles. The van der Waals surface area contributed by atoms with Crippen LogP contribution in [0.3, 0.4) is 0 Å². The monoisotopic (exact) mass is 415 g/mol. The molecule has 0 spiro atoms. The smallest absolute Gasteiger partial charge is 0.374 e. The Kier molecular flexibility index (Phi) is 6.09. The molecule has 1 heterocycles. The average molecular weight is 416 g/mol. The van der Waals surface area contributed by atoms with Gasteiger partial charge in [-0.2, -0.15) is 0 Å². The fraction of sp³-hybridized carbons (Fsp3) is 0.0952. The molecule has 1 amide bonds. The molecule has 2 aromatic carbocycles. The number of esters is 1. The van der Waals surface area contributed by atoms with Crippen molar-refractivity contribution in [2.24, 2.45) is 0 Å². The fourth-order valence-corrected chi connectivity index (χ4v) is 2.63. The van der Waals surface area contributed by atoms with Gasteiger partial charge in [-0.1, -0.05) is 35.9 Å². The van der Waals surface area contributed by atoms with Gasteiger partial charge < -0.3 is 14.5 Å². The summed E-state index contributed by atoms with van der Waals surface area (Å²) in [5.41, 5.74) is 1.11. The van der Waals surface area contributed by atoms with Gasteiger partial charge in [-0.25, -0.2) is 9.18 Å². The number of ether oxygens (including phenoxy) is 1. The largest absolute Gasteiger partial charge is 0.450 e. The molecule has 0 fully saturated rings. The van der Waals surface area contributed by atoms with Crippen molar-refractivity contribution in [2.45, 2.75) is 6.92 Å². The first-order valence-corrected chi connectivity index (χ1v) is 8.84. The molecular weight excluding hydrogens is 401 g/mol. The highest BCUT2D eigenvalue weighted by molar-refractivity contribution is 6.30. The highest BCUT2D eigenvalue weighted by Gasteiger charge is 2.16. The van der Waals surface area contributed by atoms with E-state index in [2.05, 4.69) is 5.32 Å². The van der Waals surface area contributed by atoms with Crippen molar-refractivity contribution >= 4 is 34.9 Å². The van der Waals surface area contributed by atoms with Crippen molar-refractivity contribution in [3.8, 4) is 11.3 Å². The summed E-state index contributed by atoms with van der Waals surface area (Å²) in [5.74, 6) is -2.00. The number of Topliss-reactive ketones (excluding diaryl/α,β-unsaturated/α-hetero) is 1. The van der Waals surface area contributed by atoms with E-state index in [-0.39, 0.29) is 22.3 Å². The van der Waals surface area contributed by atoms with Crippen LogP contribution in [0.25, 0.3) is 11.3 Å². The van der Waals surface area contributed by atoms with Crippen LogP contribution >= 0.6 is 11.6 Å². The SMILES string of the molecule is CC(=O)c1ccc(-c2ccc(C(=O)OCC(=O)Nc3cc(Cl)ccc3F)o2)cc1. The molecule has 0 saturated carbocycles. The van der Waals surface area contributed by atoms with Crippen LogP contribution in [0.15, 0.2) is 59.0 Å². The Morgan fingerprint density at radius 2 is 1.79 bits per heavy atom. The molecule has 3 rings (SSSR count). The van der Waals surface area contributed by atoms with Crippen molar-refractivity contribution in [3.05, 3.63) is 76.8 Å². The van der Waals surface area contributed by atoms with Crippen LogP contribution in [0.1, 0.15) is 27.8 Å². The third kappa shape index (κ3) is 5.08. The maximum absolute atomic E-state index is 13.6. The molecule has 8 heteroatoms. The maximum atomic E-state index is 13.6. The van der Waals surface area contributed by atoms with Crippen LogP contribution in [0.2, 0.25) is 5.02 Å². The lowest BCUT2D eigenvalue weighted by Crippen LogP contribution is -2.21. The number of anilines is 1. The molecule has 0 aliphatic carbocycles. The molecule has 0 saturated heterocycles. The van der Waals surface area contributed by atoms with Crippen LogP contribution in [0.5, 0.6) is 0 Å². The number of carbonyl (C=O) groups is 3. The lowest BCUT2D eigenvalue weighted by molar-refractivity contribution is -0.119. The minimum atomic E-state index is -0.849. The fourth-order valence-electron chi connectivity index (χ4n) is 2.45. The van der Waals surface area contributed by atoms with E-state index in [9.17, 15) is 18.8 Å². The first-order valence-electron chi connectivity index (χ1n) is 8.47. The van der Waals surface area contributed by atoms with E-state index in [0.29, 0.717) is 16.9 Å². The van der Waals surface area contributed by atoms with Gasteiger partial charge in [0, 0.05) is 16.1 Å². The zero-order chi connectivity index (χ0) is 21.0. The average Bonchev–Trinajstić information content (AvgIpc) is 3.19. The third-order valence-corrected chi connectivity index (χ3v) is 4.16. The lowest BCUT2D eigenvalue weighted by atomic mass is 10.1. The molecule has 0 radical (unpaired) electrons. The van der Waals surface area contributed by atoms with Gasteiger partial charge in [0.1, 0.15) is 11.6 Å². The van der Waals surface area contributed by atoms with Gasteiger partial charge in [-0.3, -0.25) is 9.59 Å². The van der Waals surface area contributed by atoms with E-state index in [0.717, 1.165) is 6.07 Å².